The van der Waals surface area contributed by atoms with E-state index in [2.05, 4.69) is 15.3 Å². The third kappa shape index (κ3) is 8.91. The molecule has 59 heavy (non-hydrogen) atoms. The first kappa shape index (κ1) is 44.9. The second-order valence-corrected chi connectivity index (χ2v) is 16.1. The number of aliphatic hydroxyl groups excluding tert-OH is 2. The summed E-state index contributed by atoms with van der Waals surface area (Å²) in [5.41, 5.74) is -0.350. The molecule has 16 heteroatoms. The molecule has 0 aromatic heterocycles. The van der Waals surface area contributed by atoms with Gasteiger partial charge in [0.25, 0.3) is 11.7 Å². The zero-order chi connectivity index (χ0) is 43.7. The molecule has 322 valence electrons. The van der Waals surface area contributed by atoms with Crippen LogP contribution in [0.2, 0.25) is 0 Å². The molecule has 6 N–H and O–H groups in total. The quantitative estimate of drug-likeness (QED) is 0.109. The second-order valence-electron chi connectivity index (χ2n) is 16.1. The summed E-state index contributed by atoms with van der Waals surface area (Å²) in [5, 5.41) is 66.8. The number of Topliss-reactive ketones (excluding diaryl/α,β-unsaturated/α-hetero) is 1. The number of hydrogen-bond donors (Lipinski definition) is 6. The number of methoxy groups -OCH3 is 1. The summed E-state index contributed by atoms with van der Waals surface area (Å²) in [6, 6.07) is 0. The number of ketones is 1. The molecule has 0 saturated carbocycles. The molecule has 0 aliphatic carbocycles. The molecule has 6 rings (SSSR count). The highest BCUT2D eigenvalue weighted by molar-refractivity contribution is 6.23. The number of anilines is 1. The zero-order valence-corrected chi connectivity index (χ0v) is 35.3. The van der Waals surface area contributed by atoms with Crippen molar-refractivity contribution in [1.82, 2.24) is 9.91 Å². The number of allylic oxidation sites excluding steroid dienone is 2. The highest BCUT2D eigenvalue weighted by Crippen LogP contribution is 2.55. The van der Waals surface area contributed by atoms with E-state index >= 15 is 0 Å². The fraction of sp³-hybridized carbons (Fsp3) is 0.535. The molecule has 0 unspecified atom stereocenters. The number of carbonyl (C=O) groups is 3. The minimum Gasteiger partial charge on any atom is -0.507 e. The molecule has 1 fully saturated rings. The molecule has 9 atom stereocenters. The van der Waals surface area contributed by atoms with Crippen molar-refractivity contribution < 1.29 is 58.9 Å². The number of hydrazone groups is 1. The molecule has 4 aliphatic rings. The number of carbonyl (C=O) groups excluding carboxylic acids is 3. The van der Waals surface area contributed by atoms with Gasteiger partial charge < -0.3 is 54.7 Å². The number of nitrogens with zero attached hydrogens (tertiary/aromatic N) is 3. The number of nitrogens with one attached hydrogen (secondary N) is 1. The molecule has 1 amide bonds. The number of benzene rings is 2. The predicted octanol–water partition coefficient (Wildman–Crippen LogP) is 4.34. The van der Waals surface area contributed by atoms with Crippen LogP contribution in [0.4, 0.5) is 5.69 Å². The van der Waals surface area contributed by atoms with Gasteiger partial charge in [-0.3, -0.25) is 19.4 Å². The van der Waals surface area contributed by atoms with E-state index in [-0.39, 0.29) is 44.5 Å². The van der Waals surface area contributed by atoms with Crippen LogP contribution in [0.5, 0.6) is 23.0 Å². The van der Waals surface area contributed by atoms with Gasteiger partial charge in [-0.15, -0.1) is 0 Å². The van der Waals surface area contributed by atoms with E-state index in [0.29, 0.717) is 13.1 Å². The van der Waals surface area contributed by atoms with Crippen LogP contribution in [0, 0.1) is 30.6 Å². The third-order valence-electron chi connectivity index (χ3n) is 11.9. The maximum atomic E-state index is 14.4. The van der Waals surface area contributed by atoms with Gasteiger partial charge in [-0.1, -0.05) is 45.9 Å². The minimum absolute atomic E-state index is 0.0559. The lowest BCUT2D eigenvalue weighted by atomic mass is 9.78. The average molecular weight is 823 g/mol. The van der Waals surface area contributed by atoms with E-state index in [1.54, 1.807) is 44.9 Å². The number of ether oxygens (including phenoxy) is 4. The number of hydrogen-bond acceptors (Lipinski definition) is 15. The van der Waals surface area contributed by atoms with Gasteiger partial charge in [0.15, 0.2) is 5.75 Å². The normalized spacial score (nSPS) is 32.1. The SMILES string of the molecule is CO[C@H]1/C=C/O[C@@]2(C)Oc3c(C)c(O)c4c(O)c(c(/C=N/N5CCN(C)CC5)c(O)c4c3C2=O)NC(=O)/C(C)=C\C=C\[C@H](C)[C@H](O)[C@@H](C)[C@@H](O)[C@H](C)[C@H](OC(C)=O)[C@H]1C. The first-order valence-electron chi connectivity index (χ1n) is 19.8. The highest BCUT2D eigenvalue weighted by atomic mass is 16.7. The van der Waals surface area contributed by atoms with E-state index in [0.717, 1.165) is 13.1 Å². The fourth-order valence-corrected chi connectivity index (χ4v) is 7.92. The molecule has 0 spiro atoms. The third-order valence-corrected chi connectivity index (χ3v) is 11.9. The Hall–Kier alpha value is -5.16. The molecule has 4 heterocycles. The highest BCUT2D eigenvalue weighted by Gasteiger charge is 2.50. The van der Waals surface area contributed by atoms with E-state index in [1.165, 1.54) is 59.4 Å². The average Bonchev–Trinajstić information content (AvgIpc) is 3.46. The van der Waals surface area contributed by atoms with Crippen LogP contribution >= 0.6 is 0 Å². The molecule has 0 radical (unpaired) electrons. The Balaban J connectivity index is 1.70. The van der Waals surface area contributed by atoms with Crippen molar-refractivity contribution in [2.24, 2.45) is 28.8 Å². The van der Waals surface area contributed by atoms with Gasteiger partial charge in [0.1, 0.15) is 23.4 Å². The maximum absolute atomic E-state index is 14.4. The van der Waals surface area contributed by atoms with Gasteiger partial charge in [0.2, 0.25) is 0 Å². The maximum Gasteiger partial charge on any atom is 0.312 e. The summed E-state index contributed by atoms with van der Waals surface area (Å²) in [4.78, 5) is 42.6. The number of aromatic hydroxyl groups is 3. The summed E-state index contributed by atoms with van der Waals surface area (Å²) in [7, 11) is 3.42. The lowest BCUT2D eigenvalue weighted by molar-refractivity contribution is -0.160. The fourth-order valence-electron chi connectivity index (χ4n) is 7.92. The van der Waals surface area contributed by atoms with Gasteiger partial charge in [0, 0.05) is 87.3 Å². The molecule has 1 saturated heterocycles. The number of amides is 1. The van der Waals surface area contributed by atoms with Crippen LogP contribution in [0.15, 0.2) is 41.2 Å². The van der Waals surface area contributed by atoms with Crippen molar-refractivity contribution in [3.05, 3.63) is 52.8 Å². The van der Waals surface area contributed by atoms with Crippen molar-refractivity contribution in [2.45, 2.75) is 85.6 Å². The van der Waals surface area contributed by atoms with Crippen molar-refractivity contribution in [3.8, 4) is 23.0 Å². The van der Waals surface area contributed by atoms with Gasteiger partial charge >= 0.3 is 11.8 Å². The number of piperazine rings is 1. The number of phenolic OH excluding ortho intramolecular Hbond substituents is 3. The van der Waals surface area contributed by atoms with E-state index in [4.69, 9.17) is 18.9 Å². The molecular weight excluding hydrogens is 764 g/mol. The molecule has 5 bridgehead atoms. The molecule has 4 aliphatic heterocycles. The Morgan fingerprint density at radius 2 is 1.61 bits per heavy atom. The van der Waals surface area contributed by atoms with Gasteiger partial charge in [-0.2, -0.15) is 5.10 Å². The lowest BCUT2D eigenvalue weighted by Crippen LogP contribution is -2.46. The Morgan fingerprint density at radius 1 is 0.949 bits per heavy atom. The summed E-state index contributed by atoms with van der Waals surface area (Å²) in [5.74, 6) is -8.34. The van der Waals surface area contributed by atoms with Crippen LogP contribution < -0.4 is 10.1 Å². The van der Waals surface area contributed by atoms with E-state index in [9.17, 15) is 39.9 Å². The molecule has 2 aromatic rings. The second kappa shape index (κ2) is 18.0. The smallest absolute Gasteiger partial charge is 0.312 e. The van der Waals surface area contributed by atoms with Gasteiger partial charge in [-0.25, -0.2) is 0 Å². The lowest BCUT2D eigenvalue weighted by Gasteiger charge is -2.38. The van der Waals surface area contributed by atoms with Crippen molar-refractivity contribution in [2.75, 3.05) is 45.7 Å². The number of phenols is 3. The molecular formula is C43H58N4O12. The Labute approximate surface area is 344 Å². The van der Waals surface area contributed by atoms with Crippen molar-refractivity contribution >= 4 is 40.3 Å². The van der Waals surface area contributed by atoms with Crippen LogP contribution in [-0.4, -0.2) is 130 Å². The number of fused-ring (bicyclic) bond motifs is 14. The molecule has 2 aromatic carbocycles. The standard InChI is InChI=1S/C43H58N4O12/c1-21-12-11-13-22(2)42(55)45-33-28(20-44-47-17-15-46(9)16-18-47)37(52)30-31(38(33)53)36(51)26(6)40-32(30)41(54)43(8,59-40)57-19-14-29(56-10)23(3)39(58-27(7)48)25(5)35(50)24(4)34(21)49/h11-14,19-21,23-25,29,34-35,39,49-53H,15-18H2,1-10H3,(H,45,55)/b12-11+,19-14+,22-13-,44-20+/t21-,23-,24+,25-,29-,34-,35+,39+,43-/m0/s1. The van der Waals surface area contributed by atoms with Crippen LogP contribution in [0.3, 0.4) is 0 Å². The Morgan fingerprint density at radius 3 is 2.24 bits per heavy atom. The van der Waals surface area contributed by atoms with Gasteiger partial charge in [0.05, 0.1) is 53.0 Å². The molecule has 16 nitrogen and oxygen atoms in total. The zero-order valence-electron chi connectivity index (χ0n) is 35.3. The Kier molecular flexibility index (Phi) is 13.7. The van der Waals surface area contributed by atoms with Gasteiger partial charge in [-0.05, 0) is 27.0 Å². The van der Waals surface area contributed by atoms with Crippen molar-refractivity contribution in [3.63, 3.8) is 0 Å². The Bertz CT molecular complexity index is 2070. The predicted molar refractivity (Wildman–Crippen MR) is 220 cm³/mol. The summed E-state index contributed by atoms with van der Waals surface area (Å²) >= 11 is 0. The number of rotatable bonds is 4. The van der Waals surface area contributed by atoms with Crippen LogP contribution in [-0.2, 0) is 23.8 Å². The topological polar surface area (TPSA) is 220 Å². The first-order valence-corrected chi connectivity index (χ1v) is 19.8. The number of aliphatic hydroxyl groups is 2. The van der Waals surface area contributed by atoms with E-state index < -0.39 is 88.8 Å². The first-order chi connectivity index (χ1) is 27.7. The van der Waals surface area contributed by atoms with Crippen LogP contribution in [0.1, 0.15) is 70.0 Å². The van der Waals surface area contributed by atoms with Crippen LogP contribution in [0.25, 0.3) is 10.8 Å². The minimum atomic E-state index is -2.04. The van der Waals surface area contributed by atoms with E-state index in [1.807, 2.05) is 7.05 Å². The number of esters is 1. The summed E-state index contributed by atoms with van der Waals surface area (Å²) in [6.45, 7) is 15.1. The monoisotopic (exact) mass is 822 g/mol. The summed E-state index contributed by atoms with van der Waals surface area (Å²) < 4.78 is 23.6. The van der Waals surface area contributed by atoms with Crippen molar-refractivity contribution in [1.29, 1.82) is 0 Å². The summed E-state index contributed by atoms with van der Waals surface area (Å²) in [6.07, 6.45) is 4.86. The number of likely N-dealkylation sites (N-methyl/N-ethyl adjacent to an activating group) is 1. The largest absolute Gasteiger partial charge is 0.507 e.